The molecule has 1 aliphatic carbocycles. The lowest BCUT2D eigenvalue weighted by molar-refractivity contribution is 0.0196. The Morgan fingerprint density at radius 2 is 2.09 bits per heavy atom. The van der Waals surface area contributed by atoms with Crippen LogP contribution in [0.4, 0.5) is 0 Å². The Morgan fingerprint density at radius 3 is 2.55 bits per heavy atom. The maximum absolute atomic E-state index is 9.24. The minimum atomic E-state index is 0.206. The van der Waals surface area contributed by atoms with Crippen molar-refractivity contribution >= 4 is 0 Å². The van der Waals surface area contributed by atoms with Gasteiger partial charge in [-0.3, -0.25) is 0 Å². The molecular weight excluding hydrogens is 136 g/mol. The van der Waals surface area contributed by atoms with Crippen molar-refractivity contribution in [1.82, 2.24) is 0 Å². The maximum Gasteiger partial charge on any atom is 0.0487 e. The summed E-state index contributed by atoms with van der Waals surface area (Å²) in [5, 5.41) is 9.24. The largest absolute Gasteiger partial charge is 0.396 e. The van der Waals surface area contributed by atoms with E-state index in [0.717, 1.165) is 5.92 Å². The number of aliphatic hydroxyl groups is 1. The van der Waals surface area contributed by atoms with Crippen molar-refractivity contribution in [2.75, 3.05) is 6.61 Å². The lowest BCUT2D eigenvalue weighted by Gasteiger charge is -2.42. The van der Waals surface area contributed by atoms with Gasteiger partial charge < -0.3 is 5.11 Å². The molecule has 0 bridgehead atoms. The second kappa shape index (κ2) is 3.14. The fourth-order valence-electron chi connectivity index (χ4n) is 2.22. The van der Waals surface area contributed by atoms with Gasteiger partial charge in [0.25, 0.3) is 0 Å². The van der Waals surface area contributed by atoms with E-state index >= 15 is 0 Å². The van der Waals surface area contributed by atoms with Crippen LogP contribution in [0.5, 0.6) is 0 Å². The zero-order chi connectivity index (χ0) is 8.48. The lowest BCUT2D eigenvalue weighted by Crippen LogP contribution is -2.36. The predicted octanol–water partition coefficient (Wildman–Crippen LogP) is 2.44. The highest BCUT2D eigenvalue weighted by Crippen LogP contribution is 2.43. The molecule has 1 nitrogen and oxygen atoms in total. The molecular formula is C10H20O. The third-order valence-electron chi connectivity index (χ3n) is 3.72. The van der Waals surface area contributed by atoms with Crippen LogP contribution in [0.15, 0.2) is 0 Å². The number of hydrogen-bond donors (Lipinski definition) is 1. The van der Waals surface area contributed by atoms with Crippen LogP contribution in [0.25, 0.3) is 0 Å². The molecule has 1 rings (SSSR count). The van der Waals surface area contributed by atoms with E-state index in [0.29, 0.717) is 12.5 Å². The minimum Gasteiger partial charge on any atom is -0.396 e. The van der Waals surface area contributed by atoms with Crippen molar-refractivity contribution in [2.24, 2.45) is 17.3 Å². The van der Waals surface area contributed by atoms with Gasteiger partial charge in [-0.15, -0.1) is 0 Å². The smallest absolute Gasteiger partial charge is 0.0487 e. The van der Waals surface area contributed by atoms with Gasteiger partial charge in [-0.1, -0.05) is 33.6 Å². The van der Waals surface area contributed by atoms with Gasteiger partial charge in [-0.05, 0) is 23.7 Å². The molecule has 66 valence electrons. The van der Waals surface area contributed by atoms with E-state index in [1.165, 1.54) is 19.3 Å². The molecule has 0 aliphatic heterocycles. The molecule has 11 heavy (non-hydrogen) atoms. The van der Waals surface area contributed by atoms with Gasteiger partial charge >= 0.3 is 0 Å². The molecule has 0 saturated heterocycles. The monoisotopic (exact) mass is 156 g/mol. The molecule has 1 N–H and O–H groups in total. The van der Waals surface area contributed by atoms with E-state index in [1.54, 1.807) is 0 Å². The maximum atomic E-state index is 9.24. The van der Waals surface area contributed by atoms with Gasteiger partial charge in [0.05, 0.1) is 0 Å². The summed E-state index contributed by atoms with van der Waals surface area (Å²) >= 11 is 0. The highest BCUT2D eigenvalue weighted by atomic mass is 16.3. The summed E-state index contributed by atoms with van der Waals surface area (Å²) in [6, 6.07) is 0. The zero-order valence-corrected chi connectivity index (χ0v) is 7.93. The number of hydrogen-bond acceptors (Lipinski definition) is 1. The van der Waals surface area contributed by atoms with Crippen molar-refractivity contribution in [3.05, 3.63) is 0 Å². The summed E-state index contributed by atoms with van der Waals surface area (Å²) in [5.41, 5.74) is 0.206. The second-order valence-corrected chi connectivity index (χ2v) is 4.47. The second-order valence-electron chi connectivity index (χ2n) is 4.47. The van der Waals surface area contributed by atoms with Crippen LogP contribution in [0.1, 0.15) is 40.0 Å². The van der Waals surface area contributed by atoms with Crippen LogP contribution >= 0.6 is 0 Å². The van der Waals surface area contributed by atoms with Gasteiger partial charge in [0.2, 0.25) is 0 Å². The summed E-state index contributed by atoms with van der Waals surface area (Å²) in [6.45, 7) is 7.16. The molecule has 0 spiro atoms. The van der Waals surface area contributed by atoms with Crippen LogP contribution in [0.3, 0.4) is 0 Å². The minimum absolute atomic E-state index is 0.206. The summed E-state index contributed by atoms with van der Waals surface area (Å²) in [4.78, 5) is 0. The standard InChI is InChI=1S/C10H20O/c1-8-5-4-6-10(3,7-11)9(8)2/h8-9,11H,4-7H2,1-3H3. The van der Waals surface area contributed by atoms with Gasteiger partial charge in [-0.25, -0.2) is 0 Å². The molecule has 1 saturated carbocycles. The van der Waals surface area contributed by atoms with E-state index in [4.69, 9.17) is 0 Å². The summed E-state index contributed by atoms with van der Waals surface area (Å²) in [6.07, 6.45) is 3.84. The Morgan fingerprint density at radius 1 is 1.45 bits per heavy atom. The highest BCUT2D eigenvalue weighted by molar-refractivity contribution is 4.86. The summed E-state index contributed by atoms with van der Waals surface area (Å²) in [5.74, 6) is 1.47. The Bertz CT molecular complexity index is 133. The van der Waals surface area contributed by atoms with Crippen molar-refractivity contribution in [3.8, 4) is 0 Å². The highest BCUT2D eigenvalue weighted by Gasteiger charge is 2.36. The first-order valence-corrected chi connectivity index (χ1v) is 4.71. The third-order valence-corrected chi connectivity index (χ3v) is 3.72. The Hall–Kier alpha value is -0.0400. The molecule has 1 aliphatic rings. The summed E-state index contributed by atoms with van der Waals surface area (Å²) < 4.78 is 0. The van der Waals surface area contributed by atoms with Crippen LogP contribution in [0, 0.1) is 17.3 Å². The quantitative estimate of drug-likeness (QED) is 0.618. The molecule has 0 aromatic rings. The predicted molar refractivity (Wildman–Crippen MR) is 47.4 cm³/mol. The third kappa shape index (κ3) is 1.58. The van der Waals surface area contributed by atoms with Crippen molar-refractivity contribution in [1.29, 1.82) is 0 Å². The van der Waals surface area contributed by atoms with E-state index in [-0.39, 0.29) is 5.41 Å². The fourth-order valence-corrected chi connectivity index (χ4v) is 2.22. The molecule has 3 atom stereocenters. The molecule has 1 heteroatoms. The Kier molecular flexibility index (Phi) is 2.58. The fraction of sp³-hybridized carbons (Fsp3) is 1.00. The molecule has 0 radical (unpaired) electrons. The molecule has 1 fully saturated rings. The van der Waals surface area contributed by atoms with Crippen LogP contribution in [0.2, 0.25) is 0 Å². The summed E-state index contributed by atoms with van der Waals surface area (Å²) in [7, 11) is 0. The SMILES string of the molecule is CC1CCCC(C)(CO)C1C. The van der Waals surface area contributed by atoms with Crippen molar-refractivity contribution < 1.29 is 5.11 Å². The van der Waals surface area contributed by atoms with Gasteiger partial charge in [-0.2, -0.15) is 0 Å². The number of aliphatic hydroxyl groups excluding tert-OH is 1. The molecule has 0 heterocycles. The van der Waals surface area contributed by atoms with Crippen LogP contribution < -0.4 is 0 Å². The first-order chi connectivity index (χ1) is 5.10. The average Bonchev–Trinajstić information content (AvgIpc) is 2.00. The lowest BCUT2D eigenvalue weighted by atomic mass is 9.64. The zero-order valence-electron chi connectivity index (χ0n) is 7.93. The van der Waals surface area contributed by atoms with Gasteiger partial charge in [0, 0.05) is 6.61 Å². The van der Waals surface area contributed by atoms with E-state index < -0.39 is 0 Å². The first kappa shape index (κ1) is 9.05. The number of rotatable bonds is 1. The van der Waals surface area contributed by atoms with Gasteiger partial charge in [0.1, 0.15) is 0 Å². The van der Waals surface area contributed by atoms with Crippen LogP contribution in [-0.2, 0) is 0 Å². The topological polar surface area (TPSA) is 20.2 Å². The van der Waals surface area contributed by atoms with E-state index in [9.17, 15) is 5.11 Å². The molecule has 0 amide bonds. The molecule has 0 aromatic carbocycles. The van der Waals surface area contributed by atoms with E-state index in [1.807, 2.05) is 0 Å². The molecule has 3 unspecified atom stereocenters. The van der Waals surface area contributed by atoms with Gasteiger partial charge in [0.15, 0.2) is 0 Å². The first-order valence-electron chi connectivity index (χ1n) is 4.71. The van der Waals surface area contributed by atoms with Crippen LogP contribution in [-0.4, -0.2) is 11.7 Å². The normalized spacial score (nSPS) is 45.8. The van der Waals surface area contributed by atoms with Crippen molar-refractivity contribution in [2.45, 2.75) is 40.0 Å². The molecule has 0 aromatic heterocycles. The van der Waals surface area contributed by atoms with Crippen molar-refractivity contribution in [3.63, 3.8) is 0 Å². The average molecular weight is 156 g/mol. The van der Waals surface area contributed by atoms with E-state index in [2.05, 4.69) is 20.8 Å². The Labute approximate surface area is 69.8 Å². The Balaban J connectivity index is 2.64.